The lowest BCUT2D eigenvalue weighted by Crippen LogP contribution is -2.50. The molecule has 1 fully saturated rings. The molecule has 0 aromatic carbocycles. The van der Waals surface area contributed by atoms with Crippen LogP contribution in [0.1, 0.15) is 33.6 Å². The van der Waals surface area contributed by atoms with Gasteiger partial charge in [-0.15, -0.1) is 0 Å². The Bertz CT molecular complexity index is 169. The van der Waals surface area contributed by atoms with Gasteiger partial charge in [-0.2, -0.15) is 0 Å². The zero-order chi connectivity index (χ0) is 10.6. The minimum absolute atomic E-state index is 0.140. The van der Waals surface area contributed by atoms with Crippen LogP contribution in [-0.2, 0) is 4.74 Å². The molecule has 84 valence electrons. The molecule has 0 aromatic rings. The highest BCUT2D eigenvalue weighted by Crippen LogP contribution is 2.22. The Morgan fingerprint density at radius 2 is 2.14 bits per heavy atom. The first-order valence-corrected chi connectivity index (χ1v) is 5.52. The average Bonchev–Trinajstić information content (AvgIpc) is 2.87. The topological polar surface area (TPSA) is 41.5 Å². The van der Waals surface area contributed by atoms with Gasteiger partial charge in [0, 0.05) is 12.6 Å². The fourth-order valence-electron chi connectivity index (χ4n) is 1.37. The van der Waals surface area contributed by atoms with E-state index in [1.807, 2.05) is 6.92 Å². The van der Waals surface area contributed by atoms with Gasteiger partial charge in [0.25, 0.3) is 0 Å². The van der Waals surface area contributed by atoms with Crippen molar-refractivity contribution in [3.05, 3.63) is 0 Å². The van der Waals surface area contributed by atoms with Gasteiger partial charge in [0.15, 0.2) is 0 Å². The summed E-state index contributed by atoms with van der Waals surface area (Å²) in [6, 6.07) is 0.606. The molecule has 1 unspecified atom stereocenters. The molecule has 1 rings (SSSR count). The van der Waals surface area contributed by atoms with E-state index in [4.69, 9.17) is 4.74 Å². The van der Waals surface area contributed by atoms with Crippen LogP contribution in [-0.4, -0.2) is 36.5 Å². The third-order valence-electron chi connectivity index (χ3n) is 2.35. The fourth-order valence-corrected chi connectivity index (χ4v) is 1.37. The van der Waals surface area contributed by atoms with E-state index in [2.05, 4.69) is 19.2 Å². The van der Waals surface area contributed by atoms with Crippen molar-refractivity contribution in [2.45, 2.75) is 45.2 Å². The van der Waals surface area contributed by atoms with Crippen molar-refractivity contribution in [3.63, 3.8) is 0 Å². The van der Waals surface area contributed by atoms with Gasteiger partial charge in [-0.25, -0.2) is 0 Å². The van der Waals surface area contributed by atoms with E-state index in [1.54, 1.807) is 0 Å². The summed E-state index contributed by atoms with van der Waals surface area (Å²) < 4.78 is 5.56. The third-order valence-corrected chi connectivity index (χ3v) is 2.35. The summed E-state index contributed by atoms with van der Waals surface area (Å²) in [5.41, 5.74) is -0.254. The second-order valence-corrected chi connectivity index (χ2v) is 5.05. The monoisotopic (exact) mass is 201 g/mol. The van der Waals surface area contributed by atoms with Gasteiger partial charge < -0.3 is 15.2 Å². The summed E-state index contributed by atoms with van der Waals surface area (Å²) in [6.45, 7) is 7.78. The van der Waals surface area contributed by atoms with Crippen LogP contribution in [0.5, 0.6) is 0 Å². The van der Waals surface area contributed by atoms with E-state index in [9.17, 15) is 5.11 Å². The first kappa shape index (κ1) is 12.0. The van der Waals surface area contributed by atoms with Crippen molar-refractivity contribution in [1.29, 1.82) is 0 Å². The normalized spacial score (nSPS) is 21.2. The van der Waals surface area contributed by atoms with Crippen LogP contribution >= 0.6 is 0 Å². The van der Waals surface area contributed by atoms with Gasteiger partial charge in [0.1, 0.15) is 0 Å². The number of hydrogen-bond acceptors (Lipinski definition) is 3. The van der Waals surface area contributed by atoms with E-state index in [1.165, 1.54) is 12.8 Å². The van der Waals surface area contributed by atoms with Crippen LogP contribution in [0.25, 0.3) is 0 Å². The Balaban J connectivity index is 2.20. The maximum absolute atomic E-state index is 9.28. The molecule has 3 heteroatoms. The molecule has 0 amide bonds. The third kappa shape index (κ3) is 4.40. The highest BCUT2D eigenvalue weighted by atomic mass is 16.5. The lowest BCUT2D eigenvalue weighted by Gasteiger charge is -2.29. The Morgan fingerprint density at radius 3 is 2.57 bits per heavy atom. The summed E-state index contributed by atoms with van der Waals surface area (Å²) in [6.07, 6.45) is 2.47. The molecule has 3 nitrogen and oxygen atoms in total. The zero-order valence-corrected chi connectivity index (χ0v) is 9.55. The van der Waals surface area contributed by atoms with Crippen LogP contribution in [0, 0.1) is 5.92 Å². The van der Waals surface area contributed by atoms with Crippen LogP contribution in [0.15, 0.2) is 0 Å². The molecular weight excluding hydrogens is 178 g/mol. The van der Waals surface area contributed by atoms with Crippen molar-refractivity contribution >= 4 is 0 Å². The maximum atomic E-state index is 9.28. The molecule has 0 radical (unpaired) electrons. The van der Waals surface area contributed by atoms with Crippen LogP contribution in [0.4, 0.5) is 0 Å². The quantitative estimate of drug-likeness (QED) is 0.649. The number of ether oxygens (including phenoxy) is 1. The van der Waals surface area contributed by atoms with Crippen molar-refractivity contribution in [2.75, 3.05) is 19.8 Å². The highest BCUT2D eigenvalue weighted by Gasteiger charge is 2.32. The molecule has 0 spiro atoms. The van der Waals surface area contributed by atoms with Crippen LogP contribution in [0.2, 0.25) is 0 Å². The van der Waals surface area contributed by atoms with Gasteiger partial charge in [-0.1, -0.05) is 13.8 Å². The van der Waals surface area contributed by atoms with Crippen molar-refractivity contribution in [1.82, 2.24) is 5.32 Å². The minimum Gasteiger partial charge on any atom is -0.394 e. The van der Waals surface area contributed by atoms with Crippen molar-refractivity contribution in [3.8, 4) is 0 Å². The Labute approximate surface area is 86.8 Å². The molecular formula is C11H23NO2. The Hall–Kier alpha value is -0.120. The largest absolute Gasteiger partial charge is 0.394 e. The second kappa shape index (κ2) is 5.10. The number of hydrogen-bond donors (Lipinski definition) is 2. The molecule has 1 saturated carbocycles. The van der Waals surface area contributed by atoms with E-state index in [-0.39, 0.29) is 12.1 Å². The molecule has 1 aliphatic carbocycles. The second-order valence-electron chi connectivity index (χ2n) is 5.05. The zero-order valence-electron chi connectivity index (χ0n) is 9.55. The number of nitrogens with one attached hydrogen (secondary N) is 1. The smallest absolute Gasteiger partial charge is 0.0668 e. The summed E-state index contributed by atoms with van der Waals surface area (Å²) in [4.78, 5) is 0. The van der Waals surface area contributed by atoms with E-state index in [0.29, 0.717) is 18.6 Å². The molecule has 0 aromatic heterocycles. The van der Waals surface area contributed by atoms with Crippen LogP contribution in [0.3, 0.4) is 0 Å². The molecule has 0 aliphatic heterocycles. The number of rotatable bonds is 7. The predicted molar refractivity (Wildman–Crippen MR) is 57.3 cm³/mol. The van der Waals surface area contributed by atoms with Gasteiger partial charge in [-0.05, 0) is 25.7 Å². The fraction of sp³-hybridized carbons (Fsp3) is 1.00. The molecule has 14 heavy (non-hydrogen) atoms. The van der Waals surface area contributed by atoms with Gasteiger partial charge in [0.05, 0.1) is 18.8 Å². The van der Waals surface area contributed by atoms with Crippen LogP contribution < -0.4 is 5.32 Å². The predicted octanol–water partition coefficient (Wildman–Crippen LogP) is 1.16. The molecule has 0 heterocycles. The summed E-state index contributed by atoms with van der Waals surface area (Å²) >= 11 is 0. The average molecular weight is 201 g/mol. The number of aliphatic hydroxyl groups excluding tert-OH is 1. The van der Waals surface area contributed by atoms with E-state index < -0.39 is 0 Å². The Morgan fingerprint density at radius 1 is 1.50 bits per heavy atom. The van der Waals surface area contributed by atoms with Crippen molar-refractivity contribution < 1.29 is 9.84 Å². The molecule has 1 atom stereocenters. The number of aliphatic hydroxyl groups is 1. The molecule has 0 saturated heterocycles. The van der Waals surface area contributed by atoms with Gasteiger partial charge >= 0.3 is 0 Å². The van der Waals surface area contributed by atoms with Gasteiger partial charge in [-0.3, -0.25) is 0 Å². The summed E-state index contributed by atoms with van der Waals surface area (Å²) in [5.74, 6) is 0.555. The first-order valence-electron chi connectivity index (χ1n) is 5.52. The SMILES string of the molecule is CC(C)COCC(C)(CO)NC1CC1. The first-order chi connectivity index (χ1) is 6.56. The molecule has 0 bridgehead atoms. The lowest BCUT2D eigenvalue weighted by molar-refractivity contribution is 0.0318. The van der Waals surface area contributed by atoms with E-state index in [0.717, 1.165) is 6.61 Å². The van der Waals surface area contributed by atoms with Gasteiger partial charge in [0.2, 0.25) is 0 Å². The van der Waals surface area contributed by atoms with E-state index >= 15 is 0 Å². The minimum atomic E-state index is -0.254. The standard InChI is InChI=1S/C11H23NO2/c1-9(2)6-14-8-11(3,7-13)12-10-4-5-10/h9-10,12-13H,4-8H2,1-3H3. The Kier molecular flexibility index (Phi) is 4.35. The van der Waals surface area contributed by atoms with Crippen molar-refractivity contribution in [2.24, 2.45) is 5.92 Å². The summed E-state index contributed by atoms with van der Waals surface area (Å²) in [7, 11) is 0. The summed E-state index contributed by atoms with van der Waals surface area (Å²) in [5, 5.41) is 12.7. The maximum Gasteiger partial charge on any atom is 0.0668 e. The molecule has 1 aliphatic rings. The highest BCUT2D eigenvalue weighted by molar-refractivity contribution is 4.92. The molecule has 2 N–H and O–H groups in total. The lowest BCUT2D eigenvalue weighted by atomic mass is 10.1.